The van der Waals surface area contributed by atoms with E-state index in [2.05, 4.69) is 5.32 Å². The number of aromatic hydroxyl groups is 1. The van der Waals surface area contributed by atoms with Gasteiger partial charge in [0.05, 0.1) is 0 Å². The molecule has 1 amide bonds. The molecule has 0 bridgehead atoms. The van der Waals surface area contributed by atoms with Crippen LogP contribution in [0.15, 0.2) is 36.4 Å². The van der Waals surface area contributed by atoms with Gasteiger partial charge in [-0.05, 0) is 37.6 Å². The second-order valence-electron chi connectivity index (χ2n) is 3.16. The number of nitrogens with one attached hydrogen (secondary N) is 1. The van der Waals surface area contributed by atoms with E-state index in [0.717, 1.165) is 6.42 Å². The number of carbonyl (C=O) groups excluding carboxylic acids is 1. The molecular weight excluding hydrogens is 190 g/mol. The quantitative estimate of drug-likeness (QED) is 0.584. The van der Waals surface area contributed by atoms with Crippen LogP contribution in [0, 0.1) is 0 Å². The van der Waals surface area contributed by atoms with Crippen LogP contribution in [-0.4, -0.2) is 17.6 Å². The van der Waals surface area contributed by atoms with Crippen molar-refractivity contribution < 1.29 is 9.90 Å². The van der Waals surface area contributed by atoms with Crippen molar-refractivity contribution in [2.75, 3.05) is 6.54 Å². The molecule has 2 N–H and O–H groups in total. The van der Waals surface area contributed by atoms with E-state index >= 15 is 0 Å². The van der Waals surface area contributed by atoms with Crippen molar-refractivity contribution in [2.24, 2.45) is 0 Å². The fourth-order valence-corrected chi connectivity index (χ4v) is 1.15. The summed E-state index contributed by atoms with van der Waals surface area (Å²) in [6.45, 7) is 2.58. The highest BCUT2D eigenvalue weighted by Crippen LogP contribution is 2.09. The largest absolute Gasteiger partial charge is 0.508 e. The van der Waals surface area contributed by atoms with Crippen molar-refractivity contribution in [3.05, 3.63) is 42.0 Å². The lowest BCUT2D eigenvalue weighted by Gasteiger charge is -2.03. The number of phenols is 1. The zero-order chi connectivity index (χ0) is 11.1. The minimum atomic E-state index is -0.112. The summed E-state index contributed by atoms with van der Waals surface area (Å²) in [6, 6.07) is 6.20. The number of amides is 1. The van der Waals surface area contributed by atoms with Crippen molar-refractivity contribution in [2.45, 2.75) is 13.3 Å². The van der Waals surface area contributed by atoms with Gasteiger partial charge < -0.3 is 10.4 Å². The molecule has 3 nitrogen and oxygen atoms in total. The first-order valence-corrected chi connectivity index (χ1v) is 4.92. The predicted molar refractivity (Wildman–Crippen MR) is 59.9 cm³/mol. The summed E-state index contributed by atoms with van der Waals surface area (Å²) in [4.78, 5) is 11.5. The van der Waals surface area contributed by atoms with Gasteiger partial charge in [-0.15, -0.1) is 0 Å². The van der Waals surface area contributed by atoms with E-state index < -0.39 is 0 Å². The van der Waals surface area contributed by atoms with Crippen molar-refractivity contribution in [1.82, 2.24) is 5.32 Å². The second-order valence-corrected chi connectivity index (χ2v) is 3.16. The summed E-state index contributed by atoms with van der Waals surface area (Å²) < 4.78 is 0. The lowest BCUT2D eigenvalue weighted by Crippen LogP contribution is -2.23. The number of rotatable bonds is 4. The van der Waals surface area contributed by atoms with Gasteiger partial charge in [0, 0.05) is 12.1 Å². The van der Waals surface area contributed by atoms with Crippen LogP contribution in [0.25, 0.3) is 0 Å². The fraction of sp³-hybridized carbons (Fsp3) is 0.250. The van der Waals surface area contributed by atoms with E-state index in [1.165, 1.54) is 12.1 Å². The highest BCUT2D eigenvalue weighted by molar-refractivity contribution is 5.94. The van der Waals surface area contributed by atoms with E-state index in [9.17, 15) is 4.79 Å². The summed E-state index contributed by atoms with van der Waals surface area (Å²) in [5.41, 5.74) is 0.563. The lowest BCUT2D eigenvalue weighted by atomic mass is 10.2. The Labute approximate surface area is 89.4 Å². The third-order valence-electron chi connectivity index (χ3n) is 1.96. The van der Waals surface area contributed by atoms with Crippen molar-refractivity contribution >= 4 is 5.91 Å². The van der Waals surface area contributed by atoms with Gasteiger partial charge in [0.15, 0.2) is 0 Å². The molecule has 3 heteroatoms. The minimum absolute atomic E-state index is 0.112. The summed E-state index contributed by atoms with van der Waals surface area (Å²) >= 11 is 0. The van der Waals surface area contributed by atoms with Crippen molar-refractivity contribution in [3.8, 4) is 5.75 Å². The van der Waals surface area contributed by atoms with Crippen LogP contribution in [0.2, 0.25) is 0 Å². The number of phenolic OH excluding ortho intramolecular Hbond substituents is 1. The Bertz CT molecular complexity index is 341. The molecule has 0 saturated heterocycles. The molecule has 1 rings (SSSR count). The lowest BCUT2D eigenvalue weighted by molar-refractivity contribution is 0.0954. The van der Waals surface area contributed by atoms with Crippen LogP contribution in [0.4, 0.5) is 0 Å². The summed E-state index contributed by atoms with van der Waals surface area (Å²) in [7, 11) is 0. The molecule has 15 heavy (non-hydrogen) atoms. The summed E-state index contributed by atoms with van der Waals surface area (Å²) in [5.74, 6) is 0.0555. The molecule has 0 saturated carbocycles. The van der Waals surface area contributed by atoms with Crippen LogP contribution >= 0.6 is 0 Å². The van der Waals surface area contributed by atoms with Gasteiger partial charge >= 0.3 is 0 Å². The van der Waals surface area contributed by atoms with Crippen LogP contribution in [0.1, 0.15) is 23.7 Å². The maximum atomic E-state index is 11.5. The SMILES string of the molecule is C/C=C/CCNC(=O)c1ccc(O)cc1. The number of hydrogen-bond donors (Lipinski definition) is 2. The van der Waals surface area contributed by atoms with Gasteiger partial charge in [-0.3, -0.25) is 4.79 Å². The molecule has 0 aliphatic rings. The topological polar surface area (TPSA) is 49.3 Å². The van der Waals surface area contributed by atoms with Gasteiger partial charge in [0.2, 0.25) is 0 Å². The monoisotopic (exact) mass is 205 g/mol. The van der Waals surface area contributed by atoms with Gasteiger partial charge in [0.1, 0.15) is 5.75 Å². The second kappa shape index (κ2) is 5.86. The molecule has 0 fully saturated rings. The van der Waals surface area contributed by atoms with Crippen molar-refractivity contribution in [3.63, 3.8) is 0 Å². The standard InChI is InChI=1S/C12H15NO2/c1-2-3-4-9-13-12(15)10-5-7-11(14)8-6-10/h2-3,5-8,14H,4,9H2,1H3,(H,13,15)/b3-2+. The van der Waals surface area contributed by atoms with Gasteiger partial charge in [-0.2, -0.15) is 0 Å². The summed E-state index contributed by atoms with van der Waals surface area (Å²) in [5, 5.41) is 11.8. The smallest absolute Gasteiger partial charge is 0.251 e. The molecule has 0 aliphatic heterocycles. The fourth-order valence-electron chi connectivity index (χ4n) is 1.15. The Morgan fingerprint density at radius 1 is 1.40 bits per heavy atom. The average molecular weight is 205 g/mol. The van der Waals surface area contributed by atoms with Gasteiger partial charge in [0.25, 0.3) is 5.91 Å². The Balaban J connectivity index is 2.43. The van der Waals surface area contributed by atoms with Crippen LogP contribution < -0.4 is 5.32 Å². The maximum absolute atomic E-state index is 11.5. The first kappa shape index (κ1) is 11.3. The molecular formula is C12H15NO2. The Morgan fingerprint density at radius 2 is 2.07 bits per heavy atom. The molecule has 0 radical (unpaired) electrons. The zero-order valence-electron chi connectivity index (χ0n) is 8.73. The average Bonchev–Trinajstić information content (AvgIpc) is 2.25. The number of hydrogen-bond acceptors (Lipinski definition) is 2. The molecule has 0 spiro atoms. The number of benzene rings is 1. The van der Waals surface area contributed by atoms with E-state index in [1.807, 2.05) is 19.1 Å². The van der Waals surface area contributed by atoms with Gasteiger partial charge in [-0.25, -0.2) is 0 Å². The van der Waals surface area contributed by atoms with Gasteiger partial charge in [-0.1, -0.05) is 12.2 Å². The molecule has 1 aromatic rings. The van der Waals surface area contributed by atoms with E-state index in [4.69, 9.17) is 5.11 Å². The molecule has 0 heterocycles. The third-order valence-corrected chi connectivity index (χ3v) is 1.96. The summed E-state index contributed by atoms with van der Waals surface area (Å²) in [6.07, 6.45) is 4.78. The van der Waals surface area contributed by atoms with Crippen LogP contribution in [0.5, 0.6) is 5.75 Å². The molecule has 0 unspecified atom stereocenters. The maximum Gasteiger partial charge on any atom is 0.251 e. The molecule has 0 aliphatic carbocycles. The molecule has 80 valence electrons. The zero-order valence-corrected chi connectivity index (χ0v) is 8.73. The van der Waals surface area contributed by atoms with E-state index in [-0.39, 0.29) is 11.7 Å². The third kappa shape index (κ3) is 3.85. The normalized spacial score (nSPS) is 10.5. The van der Waals surface area contributed by atoms with E-state index in [1.54, 1.807) is 12.1 Å². The van der Waals surface area contributed by atoms with Crippen LogP contribution in [-0.2, 0) is 0 Å². The van der Waals surface area contributed by atoms with E-state index in [0.29, 0.717) is 12.1 Å². The highest BCUT2D eigenvalue weighted by Gasteiger charge is 2.02. The number of carbonyl (C=O) groups is 1. The Hall–Kier alpha value is -1.77. The first-order chi connectivity index (χ1) is 7.24. The highest BCUT2D eigenvalue weighted by atomic mass is 16.3. The van der Waals surface area contributed by atoms with Crippen LogP contribution in [0.3, 0.4) is 0 Å². The Morgan fingerprint density at radius 3 is 2.67 bits per heavy atom. The first-order valence-electron chi connectivity index (χ1n) is 4.92. The molecule has 1 aromatic carbocycles. The van der Waals surface area contributed by atoms with Crippen molar-refractivity contribution in [1.29, 1.82) is 0 Å². The predicted octanol–water partition coefficient (Wildman–Crippen LogP) is 2.09. The number of allylic oxidation sites excluding steroid dienone is 1. The molecule has 0 atom stereocenters. The Kier molecular flexibility index (Phi) is 4.41. The minimum Gasteiger partial charge on any atom is -0.508 e. The molecule has 0 aromatic heterocycles.